The number of carbonyl (C=O) groups excluding carboxylic acids is 2. The fourth-order valence-electron chi connectivity index (χ4n) is 3.74. The largest absolute Gasteiger partial charge is 0.487 e. The van der Waals surface area contributed by atoms with Crippen molar-refractivity contribution in [1.82, 2.24) is 0 Å². The predicted molar refractivity (Wildman–Crippen MR) is 144 cm³/mol. The molecule has 0 aliphatic carbocycles. The Labute approximate surface area is 227 Å². The highest BCUT2D eigenvalue weighted by atomic mass is 16.6. The molecule has 3 aromatic rings. The molecule has 0 amide bonds. The number of nitro benzene ring substituents is 1. The number of hydrogen-bond acceptors (Lipinski definition) is 8. The smallest absolute Gasteiger partial charge is 0.343 e. The molecule has 0 saturated carbocycles. The van der Waals surface area contributed by atoms with Gasteiger partial charge in [-0.05, 0) is 67.1 Å². The summed E-state index contributed by atoms with van der Waals surface area (Å²) in [7, 11) is 0. The molecular weight excluding hydrogens is 500 g/mol. The Morgan fingerprint density at radius 2 is 1.33 bits per heavy atom. The monoisotopic (exact) mass is 530 g/mol. The number of esters is 2. The van der Waals surface area contributed by atoms with Crippen LogP contribution >= 0.6 is 0 Å². The Morgan fingerprint density at radius 3 is 1.92 bits per heavy atom. The molecule has 9 nitrogen and oxygen atoms in total. The summed E-state index contributed by atoms with van der Waals surface area (Å²) in [4.78, 5) is 35.9. The van der Waals surface area contributed by atoms with Crippen LogP contribution in [0.3, 0.4) is 0 Å². The third-order valence-electron chi connectivity index (χ3n) is 5.89. The van der Waals surface area contributed by atoms with Gasteiger partial charge in [-0.25, -0.2) is 9.59 Å². The first-order chi connectivity index (χ1) is 18.9. The Kier molecular flexibility index (Phi) is 11.0. The molecule has 0 fully saturated rings. The molecule has 3 rings (SSSR count). The van der Waals surface area contributed by atoms with Crippen molar-refractivity contribution in [3.63, 3.8) is 0 Å². The van der Waals surface area contributed by atoms with E-state index in [1.807, 2.05) is 6.07 Å². The minimum absolute atomic E-state index is 0.00530. The fraction of sp³-hybridized carbons (Fsp3) is 0.300. The number of carbonyl (C=O) groups is 2. The molecule has 9 heteroatoms. The highest BCUT2D eigenvalue weighted by Gasteiger charge is 2.20. The molecule has 0 atom stereocenters. The molecule has 39 heavy (non-hydrogen) atoms. The van der Waals surface area contributed by atoms with E-state index in [2.05, 4.69) is 6.92 Å². The average Bonchev–Trinajstić information content (AvgIpc) is 2.95. The number of rotatable bonds is 14. The van der Waals surface area contributed by atoms with Crippen molar-refractivity contribution in [2.24, 2.45) is 0 Å². The number of ether oxygens (including phenoxy) is 3. The van der Waals surface area contributed by atoms with Crippen LogP contribution in [-0.4, -0.2) is 23.5 Å². The number of nitro groups is 1. The zero-order valence-electron chi connectivity index (χ0n) is 21.8. The molecule has 0 N–H and O–H groups in total. The summed E-state index contributed by atoms with van der Waals surface area (Å²) in [6, 6.07) is 17.7. The lowest BCUT2D eigenvalue weighted by Crippen LogP contribution is -2.11. The standard InChI is InChI=1S/C30H30N2O7/c1-2-3-4-5-6-7-8-19-37-28-18-13-24(20-27(28)32(35)36)30(34)39-26-16-11-23(12-17-26)29(33)38-25-14-9-22(21-31)10-15-25/h9-18,20H,2-8,19H2,1H3. The van der Waals surface area contributed by atoms with Gasteiger partial charge in [-0.3, -0.25) is 10.1 Å². The van der Waals surface area contributed by atoms with Crippen LogP contribution in [0.25, 0.3) is 0 Å². The van der Waals surface area contributed by atoms with Gasteiger partial charge in [-0.2, -0.15) is 5.26 Å². The van der Waals surface area contributed by atoms with Gasteiger partial charge in [0.25, 0.3) is 0 Å². The van der Waals surface area contributed by atoms with E-state index in [-0.39, 0.29) is 34.1 Å². The van der Waals surface area contributed by atoms with Gasteiger partial charge >= 0.3 is 17.6 Å². The van der Waals surface area contributed by atoms with Crippen LogP contribution in [0.2, 0.25) is 0 Å². The van der Waals surface area contributed by atoms with Crippen LogP contribution in [0.1, 0.15) is 78.1 Å². The molecule has 0 aliphatic heterocycles. The van der Waals surface area contributed by atoms with Crippen molar-refractivity contribution in [2.45, 2.75) is 51.9 Å². The summed E-state index contributed by atoms with van der Waals surface area (Å²) in [6.45, 7) is 2.53. The highest BCUT2D eigenvalue weighted by molar-refractivity contribution is 5.93. The third-order valence-corrected chi connectivity index (χ3v) is 5.89. The van der Waals surface area contributed by atoms with Crippen molar-refractivity contribution in [1.29, 1.82) is 5.26 Å². The summed E-state index contributed by atoms with van der Waals surface area (Å²) >= 11 is 0. The van der Waals surface area contributed by atoms with Gasteiger partial charge in [0.05, 0.1) is 34.3 Å². The van der Waals surface area contributed by atoms with E-state index < -0.39 is 16.9 Å². The summed E-state index contributed by atoms with van der Waals surface area (Å²) in [5, 5.41) is 20.4. The van der Waals surface area contributed by atoms with Crippen LogP contribution in [-0.2, 0) is 0 Å². The van der Waals surface area contributed by atoms with Crippen LogP contribution in [0, 0.1) is 21.4 Å². The Balaban J connectivity index is 1.54. The first-order valence-electron chi connectivity index (χ1n) is 12.9. The maximum absolute atomic E-state index is 12.6. The number of hydrogen-bond donors (Lipinski definition) is 0. The highest BCUT2D eigenvalue weighted by Crippen LogP contribution is 2.29. The second kappa shape index (κ2) is 14.9. The topological polar surface area (TPSA) is 129 Å². The normalized spacial score (nSPS) is 10.4. The Bertz CT molecular complexity index is 1310. The second-order valence-corrected chi connectivity index (χ2v) is 8.85. The minimum Gasteiger partial charge on any atom is -0.487 e. The molecule has 0 saturated heterocycles. The van der Waals surface area contributed by atoms with Crippen molar-refractivity contribution in [3.8, 4) is 23.3 Å². The lowest BCUT2D eigenvalue weighted by molar-refractivity contribution is -0.385. The number of nitrogens with zero attached hydrogens (tertiary/aromatic N) is 2. The van der Waals surface area contributed by atoms with Gasteiger partial charge < -0.3 is 14.2 Å². The molecule has 0 heterocycles. The van der Waals surface area contributed by atoms with Crippen LogP contribution in [0.4, 0.5) is 5.69 Å². The molecular formula is C30H30N2O7. The molecule has 202 valence electrons. The second-order valence-electron chi connectivity index (χ2n) is 8.85. The Hall–Kier alpha value is -4.71. The third kappa shape index (κ3) is 8.97. The lowest BCUT2D eigenvalue weighted by atomic mass is 10.1. The molecule has 0 aromatic heterocycles. The maximum Gasteiger partial charge on any atom is 0.343 e. The summed E-state index contributed by atoms with van der Waals surface area (Å²) in [5.41, 5.74) is 0.344. The number of unbranched alkanes of at least 4 members (excludes halogenated alkanes) is 6. The van der Waals surface area contributed by atoms with E-state index in [0.717, 1.165) is 25.3 Å². The fourth-order valence-corrected chi connectivity index (χ4v) is 3.74. The zero-order chi connectivity index (χ0) is 28.0. The van der Waals surface area contributed by atoms with Crippen molar-refractivity contribution >= 4 is 17.6 Å². The van der Waals surface area contributed by atoms with Gasteiger partial charge in [0.1, 0.15) is 11.5 Å². The van der Waals surface area contributed by atoms with Crippen LogP contribution in [0.15, 0.2) is 66.7 Å². The van der Waals surface area contributed by atoms with E-state index in [0.29, 0.717) is 12.2 Å². The maximum atomic E-state index is 12.6. The van der Waals surface area contributed by atoms with E-state index in [1.54, 1.807) is 0 Å². The van der Waals surface area contributed by atoms with E-state index in [9.17, 15) is 19.7 Å². The molecule has 0 spiro atoms. The quantitative estimate of drug-likeness (QED) is 0.0714. The van der Waals surface area contributed by atoms with Crippen molar-refractivity contribution in [3.05, 3.63) is 93.5 Å². The molecule has 0 bridgehead atoms. The van der Waals surface area contributed by atoms with E-state index >= 15 is 0 Å². The molecule has 0 aliphatic rings. The van der Waals surface area contributed by atoms with Gasteiger partial charge in [-0.15, -0.1) is 0 Å². The molecule has 3 aromatic carbocycles. The molecule has 0 unspecified atom stereocenters. The van der Waals surface area contributed by atoms with Crippen LogP contribution < -0.4 is 14.2 Å². The lowest BCUT2D eigenvalue weighted by Gasteiger charge is -2.09. The minimum atomic E-state index is -0.787. The van der Waals surface area contributed by atoms with Crippen molar-refractivity contribution < 1.29 is 28.7 Å². The molecule has 0 radical (unpaired) electrons. The summed E-state index contributed by atoms with van der Waals surface area (Å²) in [5.74, 6) is -0.875. The number of nitriles is 1. The van der Waals surface area contributed by atoms with Gasteiger partial charge in [-0.1, -0.05) is 45.4 Å². The first-order valence-corrected chi connectivity index (χ1v) is 12.9. The SMILES string of the molecule is CCCCCCCCCOc1ccc(C(=O)Oc2ccc(C(=O)Oc3ccc(C#N)cc3)cc2)cc1[N+](=O)[O-]. The van der Waals surface area contributed by atoms with Crippen LogP contribution in [0.5, 0.6) is 17.2 Å². The van der Waals surface area contributed by atoms with E-state index in [4.69, 9.17) is 19.5 Å². The van der Waals surface area contributed by atoms with Gasteiger partial charge in [0, 0.05) is 6.07 Å². The summed E-state index contributed by atoms with van der Waals surface area (Å²) in [6.07, 6.45) is 7.72. The zero-order valence-corrected chi connectivity index (χ0v) is 21.8. The van der Waals surface area contributed by atoms with Gasteiger partial charge in [0.15, 0.2) is 5.75 Å². The van der Waals surface area contributed by atoms with E-state index in [1.165, 1.54) is 86.3 Å². The number of benzene rings is 3. The Morgan fingerprint density at radius 1 is 0.795 bits per heavy atom. The van der Waals surface area contributed by atoms with Crippen molar-refractivity contribution in [2.75, 3.05) is 6.61 Å². The predicted octanol–water partition coefficient (Wildman–Crippen LogP) is 7.03. The first kappa shape index (κ1) is 28.9. The summed E-state index contributed by atoms with van der Waals surface area (Å²) < 4.78 is 16.2. The van der Waals surface area contributed by atoms with Gasteiger partial charge in [0.2, 0.25) is 0 Å². The average molecular weight is 531 g/mol.